The molecule has 10 nitrogen and oxygen atoms in total. The summed E-state index contributed by atoms with van der Waals surface area (Å²) in [7, 11) is 1.65. The van der Waals surface area contributed by atoms with Crippen molar-refractivity contribution < 1.29 is 18.7 Å². The van der Waals surface area contributed by atoms with E-state index in [1.165, 1.54) is 15.6 Å². The Morgan fingerprint density at radius 3 is 2.81 bits per heavy atom. The highest BCUT2D eigenvalue weighted by Gasteiger charge is 2.20. The van der Waals surface area contributed by atoms with Crippen molar-refractivity contribution in [3.63, 3.8) is 0 Å². The lowest BCUT2D eigenvalue weighted by Crippen LogP contribution is -2.25. The van der Waals surface area contributed by atoms with E-state index in [1.807, 2.05) is 0 Å². The quantitative estimate of drug-likeness (QED) is 0.422. The van der Waals surface area contributed by atoms with E-state index >= 15 is 0 Å². The molecule has 164 valence electrons. The van der Waals surface area contributed by atoms with Gasteiger partial charge in [0.2, 0.25) is 0 Å². The van der Waals surface area contributed by atoms with E-state index in [9.17, 15) is 9.59 Å². The standard InChI is InChI=1S/C21H19ClN6O4/c1-27-12-18(19(26-27)21(30)23-11-16-6-3-9-31-16)24-20(29)17-7-8-28(25-17)13-32-15-5-2-4-14(22)10-15/h2-10,12H,11,13H2,1H3,(H,23,30)(H,24,29). The van der Waals surface area contributed by atoms with Gasteiger partial charge in [0.05, 0.1) is 18.5 Å². The molecule has 0 fully saturated rings. The minimum Gasteiger partial charge on any atom is -0.471 e. The molecule has 0 saturated carbocycles. The molecular weight excluding hydrogens is 436 g/mol. The summed E-state index contributed by atoms with van der Waals surface area (Å²) in [6.45, 7) is 0.299. The van der Waals surface area contributed by atoms with Crippen molar-refractivity contribution in [2.24, 2.45) is 7.05 Å². The number of hydrogen-bond donors (Lipinski definition) is 2. The molecule has 0 atom stereocenters. The van der Waals surface area contributed by atoms with E-state index in [2.05, 4.69) is 20.8 Å². The number of nitrogens with one attached hydrogen (secondary N) is 2. The van der Waals surface area contributed by atoms with Crippen LogP contribution < -0.4 is 15.4 Å². The Labute approximate surface area is 187 Å². The molecule has 0 aliphatic heterocycles. The van der Waals surface area contributed by atoms with Crippen LogP contribution in [0.2, 0.25) is 5.02 Å². The van der Waals surface area contributed by atoms with Gasteiger partial charge in [-0.2, -0.15) is 10.2 Å². The first-order valence-electron chi connectivity index (χ1n) is 9.55. The fourth-order valence-electron chi connectivity index (χ4n) is 2.85. The van der Waals surface area contributed by atoms with Crippen LogP contribution >= 0.6 is 11.6 Å². The van der Waals surface area contributed by atoms with Gasteiger partial charge in [-0.1, -0.05) is 17.7 Å². The number of anilines is 1. The zero-order valence-corrected chi connectivity index (χ0v) is 17.7. The predicted octanol–water partition coefficient (Wildman–Crippen LogP) is 3.08. The summed E-state index contributed by atoms with van der Waals surface area (Å²) >= 11 is 5.94. The maximum absolute atomic E-state index is 12.6. The van der Waals surface area contributed by atoms with Crippen LogP contribution in [0.4, 0.5) is 5.69 Å². The van der Waals surface area contributed by atoms with Crippen molar-refractivity contribution in [1.29, 1.82) is 0 Å². The molecule has 32 heavy (non-hydrogen) atoms. The molecule has 1 aromatic carbocycles. The number of carbonyl (C=O) groups is 2. The van der Waals surface area contributed by atoms with Crippen LogP contribution in [0.25, 0.3) is 0 Å². The molecule has 2 N–H and O–H groups in total. The molecule has 3 heterocycles. The molecule has 0 saturated heterocycles. The summed E-state index contributed by atoms with van der Waals surface area (Å²) in [5.41, 5.74) is 0.501. The summed E-state index contributed by atoms with van der Waals surface area (Å²) in [6.07, 6.45) is 4.67. The van der Waals surface area contributed by atoms with Crippen molar-refractivity contribution in [1.82, 2.24) is 24.9 Å². The molecule has 0 unspecified atom stereocenters. The number of nitrogens with zero attached hydrogens (tertiary/aromatic N) is 4. The van der Waals surface area contributed by atoms with Gasteiger partial charge >= 0.3 is 0 Å². The summed E-state index contributed by atoms with van der Waals surface area (Å²) in [4.78, 5) is 25.2. The third-order valence-electron chi connectivity index (χ3n) is 4.33. The van der Waals surface area contributed by atoms with Gasteiger partial charge in [-0.05, 0) is 36.4 Å². The van der Waals surface area contributed by atoms with Crippen molar-refractivity contribution in [3.05, 3.63) is 83.3 Å². The largest absolute Gasteiger partial charge is 0.471 e. The Kier molecular flexibility index (Phi) is 6.22. The second-order valence-electron chi connectivity index (χ2n) is 6.75. The minimum absolute atomic E-state index is 0.0797. The number of furan rings is 1. The highest BCUT2D eigenvalue weighted by atomic mass is 35.5. The van der Waals surface area contributed by atoms with Crippen LogP contribution in [0.3, 0.4) is 0 Å². The van der Waals surface area contributed by atoms with Crippen molar-refractivity contribution in [2.75, 3.05) is 5.32 Å². The Balaban J connectivity index is 1.38. The van der Waals surface area contributed by atoms with Crippen LogP contribution in [0.15, 0.2) is 65.5 Å². The molecule has 2 amide bonds. The number of rotatable bonds is 8. The predicted molar refractivity (Wildman–Crippen MR) is 115 cm³/mol. The van der Waals surface area contributed by atoms with E-state index in [-0.39, 0.29) is 30.4 Å². The molecule has 0 radical (unpaired) electrons. The number of aryl methyl sites for hydroxylation is 1. The van der Waals surface area contributed by atoms with Gasteiger partial charge in [0.15, 0.2) is 18.1 Å². The van der Waals surface area contributed by atoms with Crippen molar-refractivity contribution >= 4 is 29.1 Å². The summed E-state index contributed by atoms with van der Waals surface area (Å²) < 4.78 is 13.7. The molecule has 4 aromatic rings. The van der Waals surface area contributed by atoms with E-state index < -0.39 is 11.8 Å². The summed E-state index contributed by atoms with van der Waals surface area (Å²) in [6, 6.07) is 12.0. The number of amides is 2. The molecule has 3 aromatic heterocycles. The van der Waals surface area contributed by atoms with Gasteiger partial charge in [-0.25, -0.2) is 4.68 Å². The van der Waals surface area contributed by atoms with Crippen LogP contribution in [0, 0.1) is 0 Å². The highest BCUT2D eigenvalue weighted by molar-refractivity contribution is 6.30. The van der Waals surface area contributed by atoms with Crippen LogP contribution in [0.5, 0.6) is 5.75 Å². The fourth-order valence-corrected chi connectivity index (χ4v) is 3.03. The molecular formula is C21H19ClN6O4. The first kappa shape index (κ1) is 21.2. The topological polar surface area (TPSA) is 116 Å². The second kappa shape index (κ2) is 9.40. The maximum Gasteiger partial charge on any atom is 0.276 e. The lowest BCUT2D eigenvalue weighted by atomic mass is 10.3. The van der Waals surface area contributed by atoms with Crippen molar-refractivity contribution in [3.8, 4) is 5.75 Å². The SMILES string of the molecule is Cn1cc(NC(=O)c2ccn(COc3cccc(Cl)c3)n2)c(C(=O)NCc2ccco2)n1. The summed E-state index contributed by atoms with van der Waals surface area (Å²) in [5, 5.41) is 14.3. The number of benzene rings is 1. The number of halogens is 1. The number of hydrogen-bond acceptors (Lipinski definition) is 6. The zero-order chi connectivity index (χ0) is 22.5. The Bertz CT molecular complexity index is 1230. The highest BCUT2D eigenvalue weighted by Crippen LogP contribution is 2.18. The number of aromatic nitrogens is 4. The van der Waals surface area contributed by atoms with Gasteiger partial charge in [-0.15, -0.1) is 0 Å². The average molecular weight is 455 g/mol. The first-order valence-corrected chi connectivity index (χ1v) is 9.93. The lowest BCUT2D eigenvalue weighted by Gasteiger charge is -2.06. The Morgan fingerprint density at radius 2 is 2.03 bits per heavy atom. The van der Waals surface area contributed by atoms with Gasteiger partial charge in [-0.3, -0.25) is 14.3 Å². The van der Waals surface area contributed by atoms with E-state index in [0.29, 0.717) is 16.5 Å². The second-order valence-corrected chi connectivity index (χ2v) is 7.19. The first-order chi connectivity index (χ1) is 15.5. The van der Waals surface area contributed by atoms with Gasteiger partial charge in [0, 0.05) is 24.5 Å². The fraction of sp³-hybridized carbons (Fsp3) is 0.143. The number of ether oxygens (including phenoxy) is 1. The normalized spacial score (nSPS) is 10.7. The monoisotopic (exact) mass is 454 g/mol. The van der Waals surface area contributed by atoms with Gasteiger partial charge in [0.25, 0.3) is 11.8 Å². The minimum atomic E-state index is -0.486. The van der Waals surface area contributed by atoms with E-state index in [0.717, 1.165) is 0 Å². The Hall–Kier alpha value is -4.05. The molecule has 11 heteroatoms. The summed E-state index contributed by atoms with van der Waals surface area (Å²) in [5.74, 6) is 0.252. The van der Waals surface area contributed by atoms with Gasteiger partial charge in [0.1, 0.15) is 11.5 Å². The smallest absolute Gasteiger partial charge is 0.276 e. The lowest BCUT2D eigenvalue weighted by molar-refractivity contribution is 0.0943. The van der Waals surface area contributed by atoms with Crippen LogP contribution in [0.1, 0.15) is 26.7 Å². The molecule has 4 rings (SSSR count). The molecule has 0 aliphatic rings. The maximum atomic E-state index is 12.6. The third kappa shape index (κ3) is 5.16. The number of carbonyl (C=O) groups excluding carboxylic acids is 2. The molecule has 0 aliphatic carbocycles. The van der Waals surface area contributed by atoms with Crippen molar-refractivity contribution in [2.45, 2.75) is 13.3 Å². The average Bonchev–Trinajstić information content (AvgIpc) is 3.52. The third-order valence-corrected chi connectivity index (χ3v) is 4.56. The Morgan fingerprint density at radius 1 is 1.16 bits per heavy atom. The zero-order valence-electron chi connectivity index (χ0n) is 17.0. The molecule has 0 bridgehead atoms. The van der Waals surface area contributed by atoms with E-state index in [4.69, 9.17) is 20.8 Å². The van der Waals surface area contributed by atoms with Crippen LogP contribution in [-0.2, 0) is 20.3 Å². The van der Waals surface area contributed by atoms with Gasteiger partial charge < -0.3 is 19.8 Å². The van der Waals surface area contributed by atoms with Crippen LogP contribution in [-0.4, -0.2) is 31.4 Å². The van der Waals surface area contributed by atoms with E-state index in [1.54, 1.807) is 61.9 Å². The molecule has 0 spiro atoms.